The van der Waals surface area contributed by atoms with E-state index in [1.165, 1.54) is 5.56 Å². The van der Waals surface area contributed by atoms with Gasteiger partial charge in [-0.1, -0.05) is 30.7 Å². The van der Waals surface area contributed by atoms with Gasteiger partial charge in [0.05, 0.1) is 0 Å². The molecular formula is C12H19ClN2. The summed E-state index contributed by atoms with van der Waals surface area (Å²) >= 11 is 5.98. The summed E-state index contributed by atoms with van der Waals surface area (Å²) in [4.78, 5) is 2.27. The number of hydrogen-bond acceptors (Lipinski definition) is 2. The van der Waals surface area contributed by atoms with Crippen LogP contribution in [0.25, 0.3) is 0 Å². The lowest BCUT2D eigenvalue weighted by Gasteiger charge is -2.27. The molecule has 1 aromatic rings. The van der Waals surface area contributed by atoms with E-state index < -0.39 is 0 Å². The number of hydrogen-bond donors (Lipinski definition) is 1. The predicted molar refractivity (Wildman–Crippen MR) is 66.2 cm³/mol. The molecule has 0 saturated carbocycles. The average molecular weight is 227 g/mol. The summed E-state index contributed by atoms with van der Waals surface area (Å²) in [5.74, 6) is 0. The summed E-state index contributed by atoms with van der Waals surface area (Å²) in [7, 11) is 2.10. The number of halogens is 1. The fourth-order valence-electron chi connectivity index (χ4n) is 1.88. The lowest BCUT2D eigenvalue weighted by molar-refractivity contribution is 0.245. The number of rotatable bonds is 5. The minimum atomic E-state index is 0.409. The Labute approximate surface area is 97.0 Å². The van der Waals surface area contributed by atoms with Gasteiger partial charge in [0.1, 0.15) is 0 Å². The first-order valence-corrected chi connectivity index (χ1v) is 5.72. The highest BCUT2D eigenvalue weighted by molar-refractivity contribution is 6.30. The highest BCUT2D eigenvalue weighted by atomic mass is 35.5. The number of nitrogens with two attached hydrogens (primary N) is 1. The molecule has 0 radical (unpaired) electrons. The Morgan fingerprint density at radius 1 is 1.47 bits per heavy atom. The summed E-state index contributed by atoms with van der Waals surface area (Å²) in [6, 6.07) is 8.46. The van der Waals surface area contributed by atoms with Crippen LogP contribution in [0.15, 0.2) is 24.3 Å². The summed E-state index contributed by atoms with van der Waals surface area (Å²) in [5, 5.41) is 0.798. The minimum Gasteiger partial charge on any atom is -0.329 e. The van der Waals surface area contributed by atoms with Crippen LogP contribution in [0.4, 0.5) is 0 Å². The maximum Gasteiger partial charge on any atom is 0.0409 e. The van der Waals surface area contributed by atoms with Crippen LogP contribution in [0, 0.1) is 0 Å². The molecule has 84 valence electrons. The van der Waals surface area contributed by atoms with Gasteiger partial charge in [-0.25, -0.2) is 0 Å². The number of benzene rings is 1. The fourth-order valence-corrected chi connectivity index (χ4v) is 2.07. The zero-order chi connectivity index (χ0) is 11.3. The van der Waals surface area contributed by atoms with Crippen LogP contribution in [-0.4, -0.2) is 25.0 Å². The average Bonchev–Trinajstić information content (AvgIpc) is 2.19. The smallest absolute Gasteiger partial charge is 0.0409 e. The van der Waals surface area contributed by atoms with Crippen LogP contribution in [0.5, 0.6) is 0 Å². The zero-order valence-corrected chi connectivity index (χ0v) is 10.2. The molecule has 0 saturated heterocycles. The third-order valence-electron chi connectivity index (χ3n) is 2.63. The Morgan fingerprint density at radius 2 is 2.20 bits per heavy atom. The zero-order valence-electron chi connectivity index (χ0n) is 9.41. The molecule has 1 rings (SSSR count). The van der Waals surface area contributed by atoms with Crippen molar-refractivity contribution in [2.45, 2.75) is 19.4 Å². The maximum atomic E-state index is 5.98. The monoisotopic (exact) mass is 226 g/mol. The summed E-state index contributed by atoms with van der Waals surface area (Å²) in [6.07, 6.45) is 1.07. The first kappa shape index (κ1) is 12.5. The molecule has 0 aliphatic rings. The molecule has 0 bridgehead atoms. The highest BCUT2D eigenvalue weighted by Crippen LogP contribution is 2.24. The van der Waals surface area contributed by atoms with Crippen molar-refractivity contribution in [3.8, 4) is 0 Å². The Balaban J connectivity index is 2.82. The van der Waals surface area contributed by atoms with Gasteiger partial charge in [-0.15, -0.1) is 0 Å². The van der Waals surface area contributed by atoms with Gasteiger partial charge in [0.25, 0.3) is 0 Å². The van der Waals surface area contributed by atoms with E-state index in [0.717, 1.165) is 18.0 Å². The second-order valence-electron chi connectivity index (χ2n) is 3.75. The van der Waals surface area contributed by atoms with Crippen molar-refractivity contribution in [2.24, 2.45) is 5.73 Å². The summed E-state index contributed by atoms with van der Waals surface area (Å²) in [5.41, 5.74) is 6.83. The second-order valence-corrected chi connectivity index (χ2v) is 4.18. The van der Waals surface area contributed by atoms with Crippen molar-refractivity contribution in [1.29, 1.82) is 0 Å². The third-order valence-corrected chi connectivity index (χ3v) is 2.87. The van der Waals surface area contributed by atoms with Gasteiger partial charge in [0, 0.05) is 24.2 Å². The quantitative estimate of drug-likeness (QED) is 0.837. The Bertz CT molecular complexity index is 301. The third kappa shape index (κ3) is 3.49. The van der Waals surface area contributed by atoms with Crippen molar-refractivity contribution in [3.63, 3.8) is 0 Å². The molecule has 2 nitrogen and oxygen atoms in total. The molecule has 2 N–H and O–H groups in total. The van der Waals surface area contributed by atoms with Crippen LogP contribution in [0.2, 0.25) is 5.02 Å². The second kappa shape index (κ2) is 6.11. The topological polar surface area (TPSA) is 29.3 Å². The van der Waals surface area contributed by atoms with Crippen LogP contribution < -0.4 is 5.73 Å². The maximum absolute atomic E-state index is 5.98. The van der Waals surface area contributed by atoms with Crippen molar-refractivity contribution in [2.75, 3.05) is 20.1 Å². The van der Waals surface area contributed by atoms with E-state index in [1.807, 2.05) is 18.2 Å². The Morgan fingerprint density at radius 3 is 2.73 bits per heavy atom. The normalized spacial score (nSPS) is 13.1. The molecule has 0 fully saturated rings. The molecule has 1 aromatic carbocycles. The lowest BCUT2D eigenvalue weighted by atomic mass is 10.0. The number of nitrogens with zero attached hydrogens (tertiary/aromatic N) is 1. The molecule has 0 aliphatic heterocycles. The summed E-state index contributed by atoms with van der Waals surface area (Å²) in [6.45, 7) is 3.77. The standard InChI is InChI=1S/C12H19ClN2/c1-3-12(15(2)8-7-14)10-5-4-6-11(13)9-10/h4-6,9,12H,3,7-8,14H2,1-2H3. The highest BCUT2D eigenvalue weighted by Gasteiger charge is 2.14. The first-order chi connectivity index (χ1) is 7.19. The van der Waals surface area contributed by atoms with Crippen LogP contribution in [0.3, 0.4) is 0 Å². The van der Waals surface area contributed by atoms with E-state index in [-0.39, 0.29) is 0 Å². The molecule has 1 atom stereocenters. The molecule has 0 aliphatic carbocycles. The van der Waals surface area contributed by atoms with Gasteiger partial charge in [-0.3, -0.25) is 4.90 Å². The van der Waals surface area contributed by atoms with Gasteiger partial charge in [0.2, 0.25) is 0 Å². The lowest BCUT2D eigenvalue weighted by Crippen LogP contribution is -2.29. The molecular weight excluding hydrogens is 208 g/mol. The van der Waals surface area contributed by atoms with Gasteiger partial charge in [-0.2, -0.15) is 0 Å². The molecule has 1 unspecified atom stereocenters. The van der Waals surface area contributed by atoms with Gasteiger partial charge >= 0.3 is 0 Å². The van der Waals surface area contributed by atoms with E-state index in [0.29, 0.717) is 12.6 Å². The van der Waals surface area contributed by atoms with Crippen molar-refractivity contribution >= 4 is 11.6 Å². The molecule has 0 amide bonds. The molecule has 0 aromatic heterocycles. The first-order valence-electron chi connectivity index (χ1n) is 5.34. The van der Waals surface area contributed by atoms with Crippen LogP contribution in [-0.2, 0) is 0 Å². The van der Waals surface area contributed by atoms with Crippen molar-refractivity contribution < 1.29 is 0 Å². The van der Waals surface area contributed by atoms with Gasteiger partial charge < -0.3 is 5.73 Å². The fraction of sp³-hybridized carbons (Fsp3) is 0.500. The van der Waals surface area contributed by atoms with E-state index >= 15 is 0 Å². The largest absolute Gasteiger partial charge is 0.329 e. The minimum absolute atomic E-state index is 0.409. The van der Waals surface area contributed by atoms with E-state index in [4.69, 9.17) is 17.3 Å². The Kier molecular flexibility index (Phi) is 5.09. The van der Waals surface area contributed by atoms with Crippen molar-refractivity contribution in [3.05, 3.63) is 34.9 Å². The van der Waals surface area contributed by atoms with E-state index in [2.05, 4.69) is 24.9 Å². The molecule has 0 heterocycles. The number of likely N-dealkylation sites (N-methyl/N-ethyl adjacent to an activating group) is 1. The summed E-state index contributed by atoms with van der Waals surface area (Å²) < 4.78 is 0. The Hall–Kier alpha value is -0.570. The van der Waals surface area contributed by atoms with Crippen molar-refractivity contribution in [1.82, 2.24) is 4.90 Å². The SMILES string of the molecule is CCC(c1cccc(Cl)c1)N(C)CCN. The predicted octanol–water partition coefficient (Wildman–Crippen LogP) is 2.68. The van der Waals surface area contributed by atoms with Gasteiger partial charge in [-0.05, 0) is 31.2 Å². The van der Waals surface area contributed by atoms with Gasteiger partial charge in [0.15, 0.2) is 0 Å². The van der Waals surface area contributed by atoms with Crippen LogP contribution >= 0.6 is 11.6 Å². The molecule has 3 heteroatoms. The van der Waals surface area contributed by atoms with E-state index in [1.54, 1.807) is 0 Å². The van der Waals surface area contributed by atoms with Crippen LogP contribution in [0.1, 0.15) is 24.9 Å². The molecule has 0 spiro atoms. The molecule has 15 heavy (non-hydrogen) atoms. The van der Waals surface area contributed by atoms with E-state index in [9.17, 15) is 0 Å².